The van der Waals surface area contributed by atoms with E-state index < -0.39 is 0 Å². The van der Waals surface area contributed by atoms with Gasteiger partial charge in [-0.25, -0.2) is 4.98 Å². The van der Waals surface area contributed by atoms with Crippen molar-refractivity contribution in [3.63, 3.8) is 0 Å². The van der Waals surface area contributed by atoms with Crippen molar-refractivity contribution in [1.29, 1.82) is 0 Å². The van der Waals surface area contributed by atoms with Crippen LogP contribution in [0.25, 0.3) is 0 Å². The van der Waals surface area contributed by atoms with E-state index in [1.807, 2.05) is 5.38 Å². The van der Waals surface area contributed by atoms with Crippen LogP contribution in [0.4, 0.5) is 0 Å². The Kier molecular flexibility index (Phi) is 2.80. The predicted octanol–water partition coefficient (Wildman–Crippen LogP) is 0.782. The molecule has 1 rings (SSSR count). The first-order chi connectivity index (χ1) is 4.86. The molecule has 0 bridgehead atoms. The van der Waals surface area contributed by atoms with Gasteiger partial charge in [0.05, 0.1) is 18.9 Å². The van der Waals surface area contributed by atoms with Crippen LogP contribution in [-0.2, 0) is 18.0 Å². The van der Waals surface area contributed by atoms with Crippen molar-refractivity contribution in [3.8, 4) is 0 Å². The fraction of sp³-hybridized carbons (Fsp3) is 0.500. The standard InChI is InChI=1S/C6H9NO2S/c1-9-3-6-7-5(2-8)4-10-6/h4,8H,2-3H2,1H3. The van der Waals surface area contributed by atoms with Gasteiger partial charge in [0, 0.05) is 12.5 Å². The molecule has 0 aliphatic heterocycles. The summed E-state index contributed by atoms with van der Waals surface area (Å²) in [7, 11) is 1.63. The van der Waals surface area contributed by atoms with Gasteiger partial charge in [-0.05, 0) is 0 Å². The number of rotatable bonds is 3. The summed E-state index contributed by atoms with van der Waals surface area (Å²) in [6.45, 7) is 0.547. The third-order valence-corrected chi connectivity index (χ3v) is 1.90. The van der Waals surface area contributed by atoms with Crippen molar-refractivity contribution < 1.29 is 9.84 Å². The molecule has 1 heterocycles. The molecule has 1 N–H and O–H groups in total. The van der Waals surface area contributed by atoms with E-state index >= 15 is 0 Å². The predicted molar refractivity (Wildman–Crippen MR) is 38.7 cm³/mol. The summed E-state index contributed by atoms with van der Waals surface area (Å²) >= 11 is 1.50. The Morgan fingerprint density at radius 1 is 1.80 bits per heavy atom. The Hall–Kier alpha value is -0.450. The molecule has 0 amide bonds. The minimum atomic E-state index is 0.0141. The molecule has 0 aromatic carbocycles. The molecule has 0 aliphatic rings. The van der Waals surface area contributed by atoms with E-state index in [2.05, 4.69) is 4.98 Å². The zero-order valence-electron chi connectivity index (χ0n) is 5.70. The van der Waals surface area contributed by atoms with E-state index in [0.717, 1.165) is 10.7 Å². The van der Waals surface area contributed by atoms with Gasteiger partial charge >= 0.3 is 0 Å². The number of aliphatic hydroxyl groups excluding tert-OH is 1. The fourth-order valence-electron chi connectivity index (χ4n) is 0.611. The summed E-state index contributed by atoms with van der Waals surface area (Å²) in [4.78, 5) is 4.06. The van der Waals surface area contributed by atoms with Gasteiger partial charge < -0.3 is 9.84 Å². The number of nitrogens with zero attached hydrogens (tertiary/aromatic N) is 1. The van der Waals surface area contributed by atoms with Crippen molar-refractivity contribution in [2.45, 2.75) is 13.2 Å². The SMILES string of the molecule is COCc1nc(CO)cs1. The Balaban J connectivity index is 2.59. The lowest BCUT2D eigenvalue weighted by molar-refractivity contribution is 0.184. The van der Waals surface area contributed by atoms with Crippen molar-refractivity contribution in [3.05, 3.63) is 16.1 Å². The molecule has 1 aromatic rings. The first-order valence-corrected chi connectivity index (χ1v) is 3.78. The van der Waals surface area contributed by atoms with Gasteiger partial charge in [-0.15, -0.1) is 11.3 Å². The zero-order chi connectivity index (χ0) is 7.40. The highest BCUT2D eigenvalue weighted by Gasteiger charge is 1.98. The molecule has 56 valence electrons. The summed E-state index contributed by atoms with van der Waals surface area (Å²) in [5.74, 6) is 0. The van der Waals surface area contributed by atoms with Gasteiger partial charge in [0.2, 0.25) is 0 Å². The summed E-state index contributed by atoms with van der Waals surface area (Å²) in [5.41, 5.74) is 0.719. The van der Waals surface area contributed by atoms with Crippen molar-refractivity contribution in [1.82, 2.24) is 4.98 Å². The second-order valence-electron chi connectivity index (χ2n) is 1.82. The van der Waals surface area contributed by atoms with Crippen LogP contribution in [0.3, 0.4) is 0 Å². The number of thiazole rings is 1. The minimum Gasteiger partial charge on any atom is -0.390 e. The van der Waals surface area contributed by atoms with Crippen LogP contribution >= 0.6 is 11.3 Å². The van der Waals surface area contributed by atoms with Crippen molar-refractivity contribution >= 4 is 11.3 Å². The maximum absolute atomic E-state index is 8.62. The molecule has 0 atom stereocenters. The number of hydrogen-bond donors (Lipinski definition) is 1. The van der Waals surface area contributed by atoms with Crippen LogP contribution in [0.5, 0.6) is 0 Å². The zero-order valence-corrected chi connectivity index (χ0v) is 6.52. The molecule has 10 heavy (non-hydrogen) atoms. The summed E-state index contributed by atoms with van der Waals surface area (Å²) in [5, 5.41) is 11.4. The largest absolute Gasteiger partial charge is 0.390 e. The molecule has 0 fully saturated rings. The van der Waals surface area contributed by atoms with Gasteiger partial charge in [0.25, 0.3) is 0 Å². The van der Waals surface area contributed by atoms with Gasteiger partial charge in [0.1, 0.15) is 5.01 Å². The van der Waals surface area contributed by atoms with Crippen molar-refractivity contribution in [2.75, 3.05) is 7.11 Å². The molecule has 3 nitrogen and oxygen atoms in total. The van der Waals surface area contributed by atoms with E-state index in [9.17, 15) is 0 Å². The van der Waals surface area contributed by atoms with Gasteiger partial charge in [-0.3, -0.25) is 0 Å². The minimum absolute atomic E-state index is 0.0141. The highest BCUT2D eigenvalue weighted by Crippen LogP contribution is 2.09. The third-order valence-electron chi connectivity index (χ3n) is 1.03. The summed E-state index contributed by atoms with van der Waals surface area (Å²) in [6.07, 6.45) is 0. The molecule has 0 radical (unpaired) electrons. The highest BCUT2D eigenvalue weighted by atomic mass is 32.1. The molecular formula is C6H9NO2S. The van der Waals surface area contributed by atoms with Crippen LogP contribution in [0, 0.1) is 0 Å². The van der Waals surface area contributed by atoms with E-state index in [0.29, 0.717) is 6.61 Å². The van der Waals surface area contributed by atoms with Gasteiger partial charge in [-0.1, -0.05) is 0 Å². The molecular weight excluding hydrogens is 150 g/mol. The normalized spacial score (nSPS) is 10.2. The lowest BCUT2D eigenvalue weighted by Crippen LogP contribution is -1.87. The lowest BCUT2D eigenvalue weighted by atomic mass is 10.5. The molecule has 0 saturated heterocycles. The average molecular weight is 159 g/mol. The van der Waals surface area contributed by atoms with Crippen molar-refractivity contribution in [2.24, 2.45) is 0 Å². The highest BCUT2D eigenvalue weighted by molar-refractivity contribution is 7.09. The van der Waals surface area contributed by atoms with Crippen LogP contribution in [0.1, 0.15) is 10.7 Å². The monoisotopic (exact) mass is 159 g/mol. The number of methoxy groups -OCH3 is 1. The van der Waals surface area contributed by atoms with Crippen LogP contribution in [0.2, 0.25) is 0 Å². The van der Waals surface area contributed by atoms with E-state index in [1.165, 1.54) is 11.3 Å². The first kappa shape index (κ1) is 7.65. The van der Waals surface area contributed by atoms with Gasteiger partial charge in [-0.2, -0.15) is 0 Å². The molecule has 0 aliphatic carbocycles. The molecule has 4 heteroatoms. The number of hydrogen-bond acceptors (Lipinski definition) is 4. The Morgan fingerprint density at radius 2 is 2.60 bits per heavy atom. The molecule has 1 aromatic heterocycles. The maximum Gasteiger partial charge on any atom is 0.119 e. The summed E-state index contributed by atoms with van der Waals surface area (Å²) in [6, 6.07) is 0. The fourth-order valence-corrected chi connectivity index (χ4v) is 1.37. The number of aliphatic hydroxyl groups is 1. The Bertz CT molecular complexity index is 199. The smallest absolute Gasteiger partial charge is 0.119 e. The topological polar surface area (TPSA) is 42.4 Å². The second-order valence-corrected chi connectivity index (χ2v) is 2.77. The first-order valence-electron chi connectivity index (χ1n) is 2.90. The van der Waals surface area contributed by atoms with E-state index in [4.69, 9.17) is 9.84 Å². The lowest BCUT2D eigenvalue weighted by Gasteiger charge is -1.89. The Labute approximate surface area is 63.3 Å². The van der Waals surface area contributed by atoms with Crippen LogP contribution in [-0.4, -0.2) is 17.2 Å². The van der Waals surface area contributed by atoms with E-state index in [-0.39, 0.29) is 6.61 Å². The van der Waals surface area contributed by atoms with Crippen LogP contribution < -0.4 is 0 Å². The molecule has 0 unspecified atom stereocenters. The molecule has 0 spiro atoms. The summed E-state index contributed by atoms with van der Waals surface area (Å²) < 4.78 is 4.85. The average Bonchev–Trinajstić information content (AvgIpc) is 2.37. The quantitative estimate of drug-likeness (QED) is 0.708. The van der Waals surface area contributed by atoms with Crippen LogP contribution in [0.15, 0.2) is 5.38 Å². The van der Waals surface area contributed by atoms with Gasteiger partial charge in [0.15, 0.2) is 0 Å². The number of ether oxygens (including phenoxy) is 1. The molecule has 0 saturated carbocycles. The maximum atomic E-state index is 8.62. The Morgan fingerprint density at radius 3 is 3.10 bits per heavy atom. The number of aromatic nitrogens is 1. The van der Waals surface area contributed by atoms with E-state index in [1.54, 1.807) is 7.11 Å². The second kappa shape index (κ2) is 3.65. The third kappa shape index (κ3) is 1.76.